The molecule has 29 heavy (non-hydrogen) atoms. The summed E-state index contributed by atoms with van der Waals surface area (Å²) in [6, 6.07) is 12.2. The second-order valence-corrected chi connectivity index (χ2v) is 6.61. The van der Waals surface area contributed by atoms with Crippen LogP contribution in [0.25, 0.3) is 0 Å². The molecule has 0 saturated carbocycles. The summed E-state index contributed by atoms with van der Waals surface area (Å²) in [5.74, 6) is -2.75. The Balaban J connectivity index is 1.96. The Kier molecular flexibility index (Phi) is 6.63. The van der Waals surface area contributed by atoms with Gasteiger partial charge in [-0.05, 0) is 36.8 Å². The molecule has 6 nitrogen and oxygen atoms in total. The number of alkyl halides is 3. The zero-order valence-corrected chi connectivity index (χ0v) is 15.4. The van der Waals surface area contributed by atoms with Crippen molar-refractivity contribution < 1.29 is 32.7 Å². The lowest BCUT2D eigenvalue weighted by Crippen LogP contribution is -2.55. The van der Waals surface area contributed by atoms with Crippen LogP contribution in [-0.4, -0.2) is 35.0 Å². The van der Waals surface area contributed by atoms with E-state index < -0.39 is 41.6 Å². The summed E-state index contributed by atoms with van der Waals surface area (Å²) in [6.45, 7) is 0.815. The van der Waals surface area contributed by atoms with E-state index in [4.69, 9.17) is 0 Å². The van der Waals surface area contributed by atoms with Gasteiger partial charge in [0.15, 0.2) is 0 Å². The molecule has 2 amide bonds. The molecule has 0 heterocycles. The molecular formula is C20H19F3N2O4. The highest BCUT2D eigenvalue weighted by atomic mass is 19.4. The molecule has 2 aromatic rings. The van der Waals surface area contributed by atoms with Gasteiger partial charge >= 0.3 is 12.1 Å². The summed E-state index contributed by atoms with van der Waals surface area (Å²) < 4.78 is 37.7. The summed E-state index contributed by atoms with van der Waals surface area (Å²) in [7, 11) is 0. The molecule has 0 saturated heterocycles. The average molecular weight is 408 g/mol. The van der Waals surface area contributed by atoms with Gasteiger partial charge in [-0.3, -0.25) is 9.59 Å². The molecule has 1 unspecified atom stereocenters. The van der Waals surface area contributed by atoms with E-state index >= 15 is 0 Å². The van der Waals surface area contributed by atoms with Crippen molar-refractivity contribution in [2.75, 3.05) is 6.54 Å². The molecule has 0 aliphatic rings. The van der Waals surface area contributed by atoms with Crippen LogP contribution in [-0.2, 0) is 22.2 Å². The molecule has 1 atom stereocenters. The number of carbonyl (C=O) groups excluding carboxylic acids is 2. The molecule has 2 rings (SSSR count). The van der Waals surface area contributed by atoms with E-state index in [0.717, 1.165) is 24.3 Å². The number of benzene rings is 2. The van der Waals surface area contributed by atoms with Gasteiger partial charge in [0.2, 0.25) is 5.91 Å². The van der Waals surface area contributed by atoms with Crippen molar-refractivity contribution in [1.82, 2.24) is 10.6 Å². The van der Waals surface area contributed by atoms with Crippen LogP contribution in [0, 0.1) is 0 Å². The van der Waals surface area contributed by atoms with Gasteiger partial charge in [-0.25, -0.2) is 4.79 Å². The van der Waals surface area contributed by atoms with Crippen LogP contribution in [0.5, 0.6) is 0 Å². The van der Waals surface area contributed by atoms with Crippen LogP contribution in [0.4, 0.5) is 13.2 Å². The van der Waals surface area contributed by atoms with Gasteiger partial charge in [0, 0.05) is 12.0 Å². The first-order valence-electron chi connectivity index (χ1n) is 8.55. The van der Waals surface area contributed by atoms with E-state index in [9.17, 15) is 32.7 Å². The van der Waals surface area contributed by atoms with Gasteiger partial charge in [0.25, 0.3) is 5.91 Å². The zero-order valence-electron chi connectivity index (χ0n) is 15.4. The number of carboxylic acid groups (broad SMARTS) is 1. The highest BCUT2D eigenvalue weighted by Gasteiger charge is 2.35. The van der Waals surface area contributed by atoms with E-state index in [1.54, 1.807) is 30.3 Å². The second-order valence-electron chi connectivity index (χ2n) is 6.61. The van der Waals surface area contributed by atoms with Crippen LogP contribution in [0.3, 0.4) is 0 Å². The predicted molar refractivity (Wildman–Crippen MR) is 98.1 cm³/mol. The normalized spacial score (nSPS) is 13.2. The number of aliphatic carboxylic acids is 1. The lowest BCUT2D eigenvalue weighted by molar-refractivity contribution is -0.146. The standard InChI is InChI=1S/C20H19F3N2O4/c1-19(18(28)29,11-13-5-3-2-4-6-13)25-16(26)12-24-17(27)14-7-9-15(10-8-14)20(21,22)23/h2-10H,11-12H2,1H3,(H,24,27)(H,25,26)(H,28,29). The first kappa shape index (κ1) is 21.9. The molecule has 9 heteroatoms. The molecule has 0 aromatic heterocycles. The summed E-state index contributed by atoms with van der Waals surface area (Å²) in [5, 5.41) is 14.1. The first-order valence-corrected chi connectivity index (χ1v) is 8.55. The van der Waals surface area contributed by atoms with E-state index in [-0.39, 0.29) is 12.0 Å². The summed E-state index contributed by atoms with van der Waals surface area (Å²) >= 11 is 0. The van der Waals surface area contributed by atoms with Crippen molar-refractivity contribution in [2.45, 2.75) is 25.1 Å². The average Bonchev–Trinajstić information content (AvgIpc) is 2.66. The van der Waals surface area contributed by atoms with Crippen LogP contribution < -0.4 is 10.6 Å². The van der Waals surface area contributed by atoms with Crippen LogP contribution in [0.15, 0.2) is 54.6 Å². The Bertz CT molecular complexity index is 883. The number of amides is 2. The molecule has 0 aliphatic carbocycles. The third-order valence-corrected chi connectivity index (χ3v) is 4.17. The van der Waals surface area contributed by atoms with Crippen molar-refractivity contribution in [3.63, 3.8) is 0 Å². The number of hydrogen-bond donors (Lipinski definition) is 3. The SMILES string of the molecule is CC(Cc1ccccc1)(NC(=O)CNC(=O)c1ccc(C(F)(F)F)cc1)C(=O)O. The minimum atomic E-state index is -4.52. The molecule has 0 fully saturated rings. The number of nitrogens with one attached hydrogen (secondary N) is 2. The maximum absolute atomic E-state index is 12.6. The number of hydrogen-bond acceptors (Lipinski definition) is 3. The molecule has 0 radical (unpaired) electrons. The fourth-order valence-electron chi connectivity index (χ4n) is 2.60. The monoisotopic (exact) mass is 408 g/mol. The summed E-state index contributed by atoms with van der Waals surface area (Å²) in [5.41, 5.74) is -1.86. The number of halogens is 3. The Labute approximate surface area is 164 Å². The fraction of sp³-hybridized carbons (Fsp3) is 0.250. The third-order valence-electron chi connectivity index (χ3n) is 4.17. The number of carbonyl (C=O) groups is 3. The molecule has 0 spiro atoms. The fourth-order valence-corrected chi connectivity index (χ4v) is 2.60. The Morgan fingerprint density at radius 2 is 1.55 bits per heavy atom. The van der Waals surface area contributed by atoms with E-state index in [1.807, 2.05) is 0 Å². The largest absolute Gasteiger partial charge is 0.480 e. The van der Waals surface area contributed by atoms with Crippen molar-refractivity contribution in [3.05, 3.63) is 71.3 Å². The van der Waals surface area contributed by atoms with Crippen LogP contribution >= 0.6 is 0 Å². The highest BCUT2D eigenvalue weighted by molar-refractivity contribution is 5.97. The second kappa shape index (κ2) is 8.76. The highest BCUT2D eigenvalue weighted by Crippen LogP contribution is 2.29. The predicted octanol–water partition coefficient (Wildman–Crippen LogP) is 2.64. The van der Waals surface area contributed by atoms with E-state index in [2.05, 4.69) is 10.6 Å². The van der Waals surface area contributed by atoms with Crippen molar-refractivity contribution in [1.29, 1.82) is 0 Å². The Hall–Kier alpha value is -3.36. The molecule has 154 valence electrons. The smallest absolute Gasteiger partial charge is 0.416 e. The minimum Gasteiger partial charge on any atom is -0.480 e. The van der Waals surface area contributed by atoms with E-state index in [0.29, 0.717) is 5.56 Å². The van der Waals surface area contributed by atoms with Gasteiger partial charge < -0.3 is 15.7 Å². The Morgan fingerprint density at radius 1 is 0.966 bits per heavy atom. The summed E-state index contributed by atoms with van der Waals surface area (Å²) in [4.78, 5) is 35.8. The lowest BCUT2D eigenvalue weighted by atomic mass is 9.93. The molecular weight excluding hydrogens is 389 g/mol. The van der Waals surface area contributed by atoms with Crippen molar-refractivity contribution in [2.24, 2.45) is 0 Å². The Morgan fingerprint density at radius 3 is 2.07 bits per heavy atom. The minimum absolute atomic E-state index is 0.0295. The summed E-state index contributed by atoms with van der Waals surface area (Å²) in [6.07, 6.45) is -4.49. The third kappa shape index (κ3) is 6.06. The van der Waals surface area contributed by atoms with Crippen LogP contribution in [0.1, 0.15) is 28.4 Å². The molecule has 0 aliphatic heterocycles. The maximum Gasteiger partial charge on any atom is 0.416 e. The lowest BCUT2D eigenvalue weighted by Gasteiger charge is -2.26. The van der Waals surface area contributed by atoms with Gasteiger partial charge in [-0.1, -0.05) is 30.3 Å². The van der Waals surface area contributed by atoms with Gasteiger partial charge in [-0.15, -0.1) is 0 Å². The van der Waals surface area contributed by atoms with Gasteiger partial charge in [0.1, 0.15) is 5.54 Å². The molecule has 2 aromatic carbocycles. The maximum atomic E-state index is 12.6. The van der Waals surface area contributed by atoms with Crippen molar-refractivity contribution >= 4 is 17.8 Å². The quantitative estimate of drug-likeness (QED) is 0.656. The van der Waals surface area contributed by atoms with Crippen molar-refractivity contribution in [3.8, 4) is 0 Å². The first-order chi connectivity index (χ1) is 13.5. The van der Waals surface area contributed by atoms with Crippen LogP contribution in [0.2, 0.25) is 0 Å². The van der Waals surface area contributed by atoms with E-state index in [1.165, 1.54) is 6.92 Å². The van der Waals surface area contributed by atoms with Gasteiger partial charge in [0.05, 0.1) is 12.1 Å². The zero-order chi connectivity index (χ0) is 21.7. The number of carboxylic acids is 1. The van der Waals surface area contributed by atoms with Gasteiger partial charge in [-0.2, -0.15) is 13.2 Å². The number of rotatable bonds is 7. The topological polar surface area (TPSA) is 95.5 Å². The molecule has 0 bridgehead atoms. The molecule has 3 N–H and O–H groups in total.